The molecule has 1 aliphatic heterocycles. The second kappa shape index (κ2) is 7.77. The lowest BCUT2D eigenvalue weighted by Crippen LogP contribution is -2.40. The second-order valence-electron chi connectivity index (χ2n) is 8.05. The smallest absolute Gasteiger partial charge is 0.242 e. The first kappa shape index (κ1) is 19.7. The topological polar surface area (TPSA) is 75.9 Å². The van der Waals surface area contributed by atoms with E-state index >= 15 is 0 Å². The second-order valence-corrected chi connectivity index (χ2v) is 8.44. The van der Waals surface area contributed by atoms with E-state index in [9.17, 15) is 9.59 Å². The number of hydrogen-bond acceptors (Lipinski definition) is 4. The van der Waals surface area contributed by atoms with Gasteiger partial charge < -0.3 is 14.0 Å². The van der Waals surface area contributed by atoms with Crippen LogP contribution in [0.15, 0.2) is 53.3 Å². The Balaban J connectivity index is 1.42. The number of H-pyrrole nitrogens is 1. The number of rotatable bonds is 3. The van der Waals surface area contributed by atoms with Gasteiger partial charge in [-0.05, 0) is 49.3 Å². The van der Waals surface area contributed by atoms with Crippen LogP contribution in [0.4, 0.5) is 0 Å². The Labute approximate surface area is 183 Å². The Hall–Kier alpha value is -3.26. The van der Waals surface area contributed by atoms with E-state index in [1.807, 2.05) is 69.6 Å². The number of pyridine rings is 1. The number of carbonyl (C=O) groups excluding carboxylic acids is 1. The number of carbonyl (C=O) groups is 1. The fraction of sp³-hybridized carbons (Fsp3) is 0.304. The summed E-state index contributed by atoms with van der Waals surface area (Å²) in [5.74, 6) is 1.30. The normalized spacial score (nSPS) is 15.1. The summed E-state index contributed by atoms with van der Waals surface area (Å²) in [4.78, 5) is 28.1. The zero-order valence-electron chi connectivity index (χ0n) is 17.2. The third-order valence-electron chi connectivity index (χ3n) is 6.30. The maximum Gasteiger partial charge on any atom is 0.242 e. The zero-order valence-corrected chi connectivity index (χ0v) is 18.1. The number of amides is 1. The minimum Gasteiger partial charge on any atom is -0.341 e. The molecule has 8 heteroatoms. The number of para-hydroxylation sites is 2. The highest BCUT2D eigenvalue weighted by molar-refractivity contribution is 7.71. The molecule has 158 valence electrons. The first-order valence-corrected chi connectivity index (χ1v) is 10.8. The molecule has 1 fully saturated rings. The van der Waals surface area contributed by atoms with Crippen molar-refractivity contribution in [2.45, 2.75) is 25.3 Å². The fourth-order valence-electron chi connectivity index (χ4n) is 4.59. The molecule has 2 aromatic carbocycles. The third-order valence-corrected chi connectivity index (χ3v) is 6.66. The van der Waals surface area contributed by atoms with Gasteiger partial charge in [0.05, 0.1) is 11.0 Å². The summed E-state index contributed by atoms with van der Waals surface area (Å²) in [6.45, 7) is 1.57. The monoisotopic (exact) mass is 433 g/mol. The maximum atomic E-state index is 13.2. The number of nitrogens with one attached hydrogen (secondary N) is 1. The first-order valence-electron chi connectivity index (χ1n) is 10.4. The molecule has 31 heavy (non-hydrogen) atoms. The van der Waals surface area contributed by atoms with Gasteiger partial charge in [-0.2, -0.15) is 5.10 Å². The SMILES string of the molecule is Cn1c(C2CCN(C(=O)Cn3c4ccccc4c(=O)c4ccccc43)CC2)n[nH]c1=S. The van der Waals surface area contributed by atoms with Crippen molar-refractivity contribution in [3.63, 3.8) is 0 Å². The summed E-state index contributed by atoms with van der Waals surface area (Å²) in [6.07, 6.45) is 1.70. The van der Waals surface area contributed by atoms with Crippen LogP contribution in [0.5, 0.6) is 0 Å². The Morgan fingerprint density at radius 3 is 2.19 bits per heavy atom. The van der Waals surface area contributed by atoms with E-state index in [4.69, 9.17) is 12.2 Å². The quantitative estimate of drug-likeness (QED) is 0.397. The first-order chi connectivity index (χ1) is 15.0. The van der Waals surface area contributed by atoms with Gasteiger partial charge >= 0.3 is 0 Å². The van der Waals surface area contributed by atoms with Gasteiger partial charge in [-0.3, -0.25) is 14.7 Å². The Morgan fingerprint density at radius 1 is 1.06 bits per heavy atom. The molecule has 0 saturated carbocycles. The van der Waals surface area contributed by atoms with Gasteiger partial charge in [-0.1, -0.05) is 24.3 Å². The molecule has 0 unspecified atom stereocenters. The van der Waals surface area contributed by atoms with Gasteiger partial charge in [0.2, 0.25) is 5.91 Å². The van der Waals surface area contributed by atoms with Crippen LogP contribution in [-0.4, -0.2) is 43.2 Å². The maximum absolute atomic E-state index is 13.2. The molecule has 5 rings (SSSR count). The standard InChI is InChI=1S/C23H23N5O2S/c1-26-22(24-25-23(26)31)15-10-12-27(13-11-15)20(29)14-28-18-8-4-2-6-16(18)21(30)17-7-3-5-9-19(17)28/h2-9,15H,10-14H2,1H3,(H,25,31). The van der Waals surface area contributed by atoms with Crippen molar-refractivity contribution in [1.82, 2.24) is 24.2 Å². The van der Waals surface area contributed by atoms with E-state index in [-0.39, 0.29) is 23.8 Å². The third kappa shape index (κ3) is 3.37. The Kier molecular flexibility index (Phi) is 4.94. The number of piperidine rings is 1. The summed E-state index contributed by atoms with van der Waals surface area (Å²) >= 11 is 5.22. The molecular weight excluding hydrogens is 410 g/mol. The molecule has 2 aromatic heterocycles. The molecule has 1 saturated heterocycles. The van der Waals surface area contributed by atoms with Crippen LogP contribution in [0.25, 0.3) is 21.8 Å². The number of benzene rings is 2. The van der Waals surface area contributed by atoms with E-state index in [0.29, 0.717) is 28.6 Å². The summed E-state index contributed by atoms with van der Waals surface area (Å²) in [5, 5.41) is 8.48. The van der Waals surface area contributed by atoms with Gasteiger partial charge in [0.25, 0.3) is 0 Å². The number of likely N-dealkylation sites (tertiary alicyclic amines) is 1. The van der Waals surface area contributed by atoms with Crippen LogP contribution in [0, 0.1) is 4.77 Å². The summed E-state index contributed by atoms with van der Waals surface area (Å²) in [6, 6.07) is 15.0. The largest absolute Gasteiger partial charge is 0.341 e. The van der Waals surface area contributed by atoms with Crippen LogP contribution in [0.2, 0.25) is 0 Å². The number of nitrogens with zero attached hydrogens (tertiary/aromatic N) is 4. The van der Waals surface area contributed by atoms with Gasteiger partial charge in [0.15, 0.2) is 10.2 Å². The zero-order chi connectivity index (χ0) is 21.5. The highest BCUT2D eigenvalue weighted by Gasteiger charge is 2.27. The number of aromatic amines is 1. The predicted molar refractivity (Wildman–Crippen MR) is 123 cm³/mol. The lowest BCUT2D eigenvalue weighted by Gasteiger charge is -2.32. The molecule has 1 N–H and O–H groups in total. The van der Waals surface area contributed by atoms with E-state index in [0.717, 1.165) is 29.7 Å². The van der Waals surface area contributed by atoms with Crippen LogP contribution in [0.1, 0.15) is 24.6 Å². The van der Waals surface area contributed by atoms with Gasteiger partial charge in [0.1, 0.15) is 12.4 Å². The molecule has 1 amide bonds. The summed E-state index contributed by atoms with van der Waals surface area (Å²) < 4.78 is 4.50. The molecule has 0 atom stereocenters. The van der Waals surface area contributed by atoms with Crippen molar-refractivity contribution < 1.29 is 4.79 Å². The molecule has 0 bridgehead atoms. The number of fused-ring (bicyclic) bond motifs is 2. The predicted octanol–water partition coefficient (Wildman–Crippen LogP) is 3.35. The van der Waals surface area contributed by atoms with Crippen molar-refractivity contribution in [1.29, 1.82) is 0 Å². The van der Waals surface area contributed by atoms with Crippen LogP contribution in [-0.2, 0) is 18.4 Å². The summed E-state index contributed by atoms with van der Waals surface area (Å²) in [5.41, 5.74) is 1.58. The molecule has 0 spiro atoms. The van der Waals surface area contributed by atoms with Gasteiger partial charge in [-0.25, -0.2) is 0 Å². The minimum absolute atomic E-state index is 0.00342. The van der Waals surface area contributed by atoms with E-state index in [1.165, 1.54) is 0 Å². The average Bonchev–Trinajstić information content (AvgIpc) is 3.15. The van der Waals surface area contributed by atoms with Crippen LogP contribution in [0.3, 0.4) is 0 Å². The molecule has 3 heterocycles. The molecule has 1 aliphatic rings. The van der Waals surface area contributed by atoms with Crippen LogP contribution >= 0.6 is 12.2 Å². The molecule has 0 aliphatic carbocycles. The van der Waals surface area contributed by atoms with Crippen molar-refractivity contribution in [2.75, 3.05) is 13.1 Å². The minimum atomic E-state index is 0.00342. The van der Waals surface area contributed by atoms with Gasteiger partial charge in [-0.15, -0.1) is 0 Å². The molecular formula is C23H23N5O2S. The molecule has 0 radical (unpaired) electrons. The van der Waals surface area contributed by atoms with Gasteiger partial charge in [0, 0.05) is 36.8 Å². The molecule has 4 aromatic rings. The average molecular weight is 434 g/mol. The van der Waals surface area contributed by atoms with E-state index in [1.54, 1.807) is 0 Å². The van der Waals surface area contributed by atoms with Crippen molar-refractivity contribution >= 4 is 39.9 Å². The fourth-order valence-corrected chi connectivity index (χ4v) is 4.73. The Morgan fingerprint density at radius 2 is 1.65 bits per heavy atom. The highest BCUT2D eigenvalue weighted by atomic mass is 32.1. The van der Waals surface area contributed by atoms with Crippen molar-refractivity contribution in [2.24, 2.45) is 7.05 Å². The van der Waals surface area contributed by atoms with Crippen LogP contribution < -0.4 is 5.43 Å². The lowest BCUT2D eigenvalue weighted by atomic mass is 9.96. The highest BCUT2D eigenvalue weighted by Crippen LogP contribution is 2.27. The Bertz CT molecular complexity index is 1350. The number of hydrogen-bond donors (Lipinski definition) is 1. The van der Waals surface area contributed by atoms with Crippen molar-refractivity contribution in [3.8, 4) is 0 Å². The molecule has 7 nitrogen and oxygen atoms in total. The van der Waals surface area contributed by atoms with E-state index in [2.05, 4.69) is 10.2 Å². The van der Waals surface area contributed by atoms with Crippen molar-refractivity contribution in [3.05, 3.63) is 69.3 Å². The van der Waals surface area contributed by atoms with E-state index < -0.39 is 0 Å². The summed E-state index contributed by atoms with van der Waals surface area (Å²) in [7, 11) is 1.92. The lowest BCUT2D eigenvalue weighted by molar-refractivity contribution is -0.132. The number of aromatic nitrogens is 4.